The van der Waals surface area contributed by atoms with E-state index in [-0.39, 0.29) is 10.0 Å². The van der Waals surface area contributed by atoms with Crippen LogP contribution in [-0.2, 0) is 10.0 Å². The fourth-order valence-corrected chi connectivity index (χ4v) is 5.14. The summed E-state index contributed by atoms with van der Waals surface area (Å²) in [5, 5.41) is 7.98. The molecule has 6 nitrogen and oxygen atoms in total. The molecule has 0 aliphatic rings. The normalized spacial score (nSPS) is 11.2. The van der Waals surface area contributed by atoms with Gasteiger partial charge in [0.1, 0.15) is 5.75 Å². The minimum atomic E-state index is -3.70. The van der Waals surface area contributed by atoms with Gasteiger partial charge in [-0.2, -0.15) is 0 Å². The lowest BCUT2D eigenvalue weighted by atomic mass is 10.3. The first-order valence-corrected chi connectivity index (χ1v) is 10.3. The number of hydrogen-bond acceptors (Lipinski definition) is 7. The predicted octanol–water partition coefficient (Wildman–Crippen LogP) is 3.23. The number of nitrogens with one attached hydrogen (secondary N) is 1. The first kappa shape index (κ1) is 17.5. The number of hydrogen-bond donors (Lipinski definition) is 1. The molecule has 0 amide bonds. The van der Waals surface area contributed by atoms with Crippen molar-refractivity contribution in [3.8, 4) is 5.75 Å². The van der Waals surface area contributed by atoms with Crippen LogP contribution in [0.2, 0.25) is 0 Å². The van der Waals surface area contributed by atoms with Crippen molar-refractivity contribution in [2.45, 2.75) is 9.24 Å². The summed E-state index contributed by atoms with van der Waals surface area (Å²) < 4.78 is 33.6. The van der Waals surface area contributed by atoms with Crippen LogP contribution in [0.3, 0.4) is 0 Å². The highest BCUT2D eigenvalue weighted by Crippen LogP contribution is 2.28. The molecular weight excluding hydrogens is 457 g/mol. The van der Waals surface area contributed by atoms with Crippen molar-refractivity contribution in [1.82, 2.24) is 10.2 Å². The molecule has 1 aromatic carbocycles. The number of halogens is 1. The first-order chi connectivity index (χ1) is 10.5. The number of benzene rings is 1. The zero-order chi connectivity index (χ0) is 16.2. The molecule has 22 heavy (non-hydrogen) atoms. The third-order valence-electron chi connectivity index (χ3n) is 2.39. The summed E-state index contributed by atoms with van der Waals surface area (Å²) in [6, 6.07) is 4.63. The number of thioether (sulfide) groups is 1. The third kappa shape index (κ3) is 4.33. The highest BCUT2D eigenvalue weighted by atomic mass is 127. The molecule has 1 aromatic heterocycles. The third-order valence-corrected chi connectivity index (χ3v) is 6.66. The Labute approximate surface area is 150 Å². The molecular formula is C12H12IN3O3S3. The zero-order valence-electron chi connectivity index (χ0n) is 11.4. The molecule has 0 aliphatic heterocycles. The van der Waals surface area contributed by atoms with E-state index in [0.29, 0.717) is 19.4 Å². The summed E-state index contributed by atoms with van der Waals surface area (Å²) in [5.74, 6) is 1.32. The molecule has 0 saturated heterocycles. The van der Waals surface area contributed by atoms with Crippen LogP contribution in [0.25, 0.3) is 0 Å². The number of methoxy groups -OCH3 is 1. The van der Waals surface area contributed by atoms with E-state index in [2.05, 4.69) is 21.5 Å². The molecule has 0 unspecified atom stereocenters. The minimum absolute atomic E-state index is 0.146. The molecule has 0 bridgehead atoms. The van der Waals surface area contributed by atoms with Gasteiger partial charge in [0, 0.05) is 5.75 Å². The van der Waals surface area contributed by atoms with E-state index in [1.165, 1.54) is 42.3 Å². The summed E-state index contributed by atoms with van der Waals surface area (Å²) in [5.41, 5.74) is 0. The topological polar surface area (TPSA) is 81.2 Å². The number of aromatic nitrogens is 2. The van der Waals surface area contributed by atoms with Crippen molar-refractivity contribution in [2.75, 3.05) is 17.6 Å². The van der Waals surface area contributed by atoms with Crippen molar-refractivity contribution in [1.29, 1.82) is 0 Å². The molecule has 1 N–H and O–H groups in total. The van der Waals surface area contributed by atoms with Gasteiger partial charge in [-0.05, 0) is 40.8 Å². The van der Waals surface area contributed by atoms with E-state index < -0.39 is 10.0 Å². The lowest BCUT2D eigenvalue weighted by Crippen LogP contribution is -2.13. The van der Waals surface area contributed by atoms with E-state index in [0.717, 1.165) is 0 Å². The molecule has 1 heterocycles. The Hall–Kier alpha value is -0.850. The van der Waals surface area contributed by atoms with Crippen LogP contribution in [0.15, 0.2) is 40.1 Å². The number of nitrogens with zero attached hydrogens (tertiary/aromatic N) is 2. The molecule has 0 spiro atoms. The molecule has 0 fully saturated rings. The second kappa shape index (κ2) is 7.62. The second-order valence-electron chi connectivity index (χ2n) is 3.87. The predicted molar refractivity (Wildman–Crippen MR) is 97.3 cm³/mol. The fraction of sp³-hybridized carbons (Fsp3) is 0.167. The average molecular weight is 469 g/mol. The van der Waals surface area contributed by atoms with Gasteiger partial charge in [-0.3, -0.25) is 4.72 Å². The molecule has 0 saturated carbocycles. The summed E-state index contributed by atoms with van der Waals surface area (Å²) in [7, 11) is -2.16. The molecule has 2 aromatic rings. The Morgan fingerprint density at radius 2 is 2.27 bits per heavy atom. The number of ether oxygens (including phenoxy) is 1. The maximum absolute atomic E-state index is 12.3. The van der Waals surface area contributed by atoms with Crippen molar-refractivity contribution >= 4 is 60.8 Å². The van der Waals surface area contributed by atoms with Crippen LogP contribution < -0.4 is 9.46 Å². The van der Waals surface area contributed by atoms with E-state index >= 15 is 0 Å². The molecule has 0 radical (unpaired) electrons. The average Bonchev–Trinajstić information content (AvgIpc) is 2.91. The smallest absolute Gasteiger partial charge is 0.263 e. The minimum Gasteiger partial charge on any atom is -0.496 e. The van der Waals surface area contributed by atoms with Crippen LogP contribution >= 0.6 is 45.7 Å². The van der Waals surface area contributed by atoms with E-state index in [4.69, 9.17) is 4.74 Å². The second-order valence-corrected chi connectivity index (χ2v) is 8.96. The maximum Gasteiger partial charge on any atom is 0.263 e. The Morgan fingerprint density at radius 3 is 2.91 bits per heavy atom. The number of rotatable bonds is 7. The fourth-order valence-electron chi connectivity index (χ4n) is 1.43. The van der Waals surface area contributed by atoms with Gasteiger partial charge in [0.2, 0.25) is 5.13 Å². The number of sulfonamides is 1. The van der Waals surface area contributed by atoms with Crippen LogP contribution in [0.4, 0.5) is 5.13 Å². The van der Waals surface area contributed by atoms with Crippen molar-refractivity contribution in [2.24, 2.45) is 0 Å². The van der Waals surface area contributed by atoms with Crippen LogP contribution in [0, 0.1) is 3.57 Å². The number of anilines is 1. The largest absolute Gasteiger partial charge is 0.496 e. The van der Waals surface area contributed by atoms with Gasteiger partial charge in [-0.1, -0.05) is 29.2 Å². The first-order valence-electron chi connectivity index (χ1n) is 5.90. The Bertz CT molecular complexity index is 777. The van der Waals surface area contributed by atoms with Crippen molar-refractivity contribution < 1.29 is 13.2 Å². The highest BCUT2D eigenvalue weighted by molar-refractivity contribution is 14.1. The molecule has 0 aliphatic carbocycles. The van der Waals surface area contributed by atoms with E-state index in [9.17, 15) is 8.42 Å². The zero-order valence-corrected chi connectivity index (χ0v) is 16.1. The summed E-state index contributed by atoms with van der Waals surface area (Å²) >= 11 is 4.65. The summed E-state index contributed by atoms with van der Waals surface area (Å²) in [6.07, 6.45) is 1.75. The van der Waals surface area contributed by atoms with Crippen molar-refractivity contribution in [3.63, 3.8) is 0 Å². The van der Waals surface area contributed by atoms with Gasteiger partial charge < -0.3 is 4.74 Å². The van der Waals surface area contributed by atoms with Gasteiger partial charge in [-0.25, -0.2) is 8.42 Å². The van der Waals surface area contributed by atoms with Gasteiger partial charge in [-0.15, -0.1) is 16.8 Å². The van der Waals surface area contributed by atoms with Gasteiger partial charge in [0.05, 0.1) is 15.6 Å². The molecule has 118 valence electrons. The van der Waals surface area contributed by atoms with Crippen LogP contribution in [0.1, 0.15) is 0 Å². The lowest BCUT2D eigenvalue weighted by Gasteiger charge is -2.07. The Balaban J connectivity index is 2.18. The molecule has 10 heteroatoms. The van der Waals surface area contributed by atoms with Gasteiger partial charge in [0.25, 0.3) is 10.0 Å². The van der Waals surface area contributed by atoms with E-state index in [1.807, 2.05) is 22.6 Å². The highest BCUT2D eigenvalue weighted by Gasteiger charge is 2.18. The quantitative estimate of drug-likeness (QED) is 0.381. The summed E-state index contributed by atoms with van der Waals surface area (Å²) in [6.45, 7) is 3.62. The van der Waals surface area contributed by atoms with Crippen LogP contribution in [-0.4, -0.2) is 31.5 Å². The lowest BCUT2D eigenvalue weighted by molar-refractivity contribution is 0.411. The maximum atomic E-state index is 12.3. The Morgan fingerprint density at radius 1 is 1.50 bits per heavy atom. The van der Waals surface area contributed by atoms with E-state index in [1.54, 1.807) is 12.1 Å². The molecule has 0 atom stereocenters. The SMILES string of the molecule is C=CCSc1nnc(NS(=O)(=O)c2ccc(OC)c(I)c2)s1. The van der Waals surface area contributed by atoms with Gasteiger partial charge in [0.15, 0.2) is 4.34 Å². The molecule has 2 rings (SSSR count). The van der Waals surface area contributed by atoms with Crippen molar-refractivity contribution in [3.05, 3.63) is 34.4 Å². The standard InChI is InChI=1S/C12H12IN3O3S3/c1-3-6-20-12-15-14-11(21-12)16-22(17,18)8-4-5-10(19-2)9(13)7-8/h3-5,7H,1,6H2,2H3,(H,14,16). The van der Waals surface area contributed by atoms with Crippen LogP contribution in [0.5, 0.6) is 5.75 Å². The van der Waals surface area contributed by atoms with Gasteiger partial charge >= 0.3 is 0 Å². The monoisotopic (exact) mass is 469 g/mol. The summed E-state index contributed by atoms with van der Waals surface area (Å²) in [4.78, 5) is 0.146. The Kier molecular flexibility index (Phi) is 6.06.